The van der Waals surface area contributed by atoms with Crippen molar-refractivity contribution in [2.45, 2.75) is 20.4 Å². The lowest BCUT2D eigenvalue weighted by atomic mass is 10.1. The Morgan fingerprint density at radius 1 is 1.00 bits per heavy atom. The number of hydrogen-bond donors (Lipinski definition) is 0. The molecule has 2 aromatic carbocycles. The fourth-order valence-electron chi connectivity index (χ4n) is 3.63. The van der Waals surface area contributed by atoms with Gasteiger partial charge in [-0.2, -0.15) is 0 Å². The number of aryl methyl sites for hydroxylation is 2. The molecular weight excluding hydrogens is 476 g/mol. The van der Waals surface area contributed by atoms with E-state index in [2.05, 4.69) is 0 Å². The van der Waals surface area contributed by atoms with Gasteiger partial charge in [-0.05, 0) is 61.4 Å². The average molecular weight is 497 g/mol. The Morgan fingerprint density at radius 3 is 2.44 bits per heavy atom. The summed E-state index contributed by atoms with van der Waals surface area (Å²) in [5.41, 5.74) is 2.64. The molecule has 0 saturated carbocycles. The zero-order valence-corrected chi connectivity index (χ0v) is 20.3. The first kappa shape index (κ1) is 23.7. The number of esters is 1. The third kappa shape index (κ3) is 4.60. The highest BCUT2D eigenvalue weighted by molar-refractivity contribution is 7.16. The Bertz CT molecular complexity index is 1330. The van der Waals surface area contributed by atoms with Crippen LogP contribution in [0, 0.1) is 13.8 Å². The number of ether oxygens (including phenoxy) is 1. The number of anilines is 1. The van der Waals surface area contributed by atoms with Crippen LogP contribution >= 0.6 is 22.9 Å². The van der Waals surface area contributed by atoms with E-state index in [0.29, 0.717) is 16.6 Å². The summed E-state index contributed by atoms with van der Waals surface area (Å²) < 4.78 is 5.79. The van der Waals surface area contributed by atoms with Gasteiger partial charge in [0.1, 0.15) is 0 Å². The van der Waals surface area contributed by atoms with E-state index < -0.39 is 24.4 Å². The summed E-state index contributed by atoms with van der Waals surface area (Å²) in [5.74, 6) is -2.09. The first-order valence-corrected chi connectivity index (χ1v) is 11.6. The smallest absolute Gasteiger partial charge is 0.338 e. The summed E-state index contributed by atoms with van der Waals surface area (Å²) in [6.45, 7) is 3.59. The molecule has 1 aliphatic heterocycles. The van der Waals surface area contributed by atoms with Crippen molar-refractivity contribution < 1.29 is 23.9 Å². The van der Waals surface area contributed by atoms with Crippen LogP contribution in [0.3, 0.4) is 0 Å². The molecule has 3 amide bonds. The van der Waals surface area contributed by atoms with Crippen molar-refractivity contribution in [2.75, 3.05) is 18.6 Å². The molecule has 174 valence electrons. The molecule has 0 unspecified atom stereocenters. The van der Waals surface area contributed by atoms with Gasteiger partial charge in [-0.1, -0.05) is 23.7 Å². The zero-order valence-electron chi connectivity index (χ0n) is 18.8. The summed E-state index contributed by atoms with van der Waals surface area (Å²) in [4.78, 5) is 54.3. The van der Waals surface area contributed by atoms with Crippen LogP contribution in [0.15, 0.2) is 48.5 Å². The van der Waals surface area contributed by atoms with Gasteiger partial charge >= 0.3 is 5.97 Å². The van der Waals surface area contributed by atoms with Gasteiger partial charge < -0.3 is 9.64 Å². The molecular formula is C25H21ClN2O5S. The number of rotatable bonds is 6. The number of likely N-dealkylation sites (N-methyl/N-ethyl adjacent to an activating group) is 1. The van der Waals surface area contributed by atoms with E-state index in [1.54, 1.807) is 19.2 Å². The molecule has 0 saturated heterocycles. The SMILES string of the molecule is Cc1ccc(C)c(N2C(=O)c3ccc(C(=O)OCC(=O)N(C)Cc4ccc(Cl)s4)cc3C2=O)c1. The first-order valence-electron chi connectivity index (χ1n) is 10.4. The van der Waals surface area contributed by atoms with E-state index in [1.165, 1.54) is 34.4 Å². The Balaban J connectivity index is 1.45. The maximum atomic E-state index is 13.1. The number of hydrogen-bond acceptors (Lipinski definition) is 6. The number of carbonyl (C=O) groups excluding carboxylic acids is 4. The van der Waals surface area contributed by atoms with Gasteiger partial charge in [0.25, 0.3) is 17.7 Å². The molecule has 0 fully saturated rings. The highest BCUT2D eigenvalue weighted by Gasteiger charge is 2.38. The van der Waals surface area contributed by atoms with Gasteiger partial charge in [0.05, 0.1) is 33.3 Å². The average Bonchev–Trinajstić information content (AvgIpc) is 3.33. The topological polar surface area (TPSA) is 84.0 Å². The first-order chi connectivity index (χ1) is 16.2. The van der Waals surface area contributed by atoms with Gasteiger partial charge in [0.15, 0.2) is 6.61 Å². The van der Waals surface area contributed by atoms with Crippen LogP contribution in [0.2, 0.25) is 4.34 Å². The minimum absolute atomic E-state index is 0.0863. The highest BCUT2D eigenvalue weighted by atomic mass is 35.5. The lowest BCUT2D eigenvalue weighted by Gasteiger charge is -2.17. The van der Waals surface area contributed by atoms with E-state index in [-0.39, 0.29) is 22.6 Å². The van der Waals surface area contributed by atoms with E-state index in [4.69, 9.17) is 16.3 Å². The molecule has 4 rings (SSSR count). The van der Waals surface area contributed by atoms with Gasteiger partial charge in [0, 0.05) is 11.9 Å². The highest BCUT2D eigenvalue weighted by Crippen LogP contribution is 2.32. The van der Waals surface area contributed by atoms with E-state index in [1.807, 2.05) is 32.0 Å². The Labute approximate surface area is 205 Å². The minimum atomic E-state index is -0.755. The van der Waals surface area contributed by atoms with Crippen LogP contribution < -0.4 is 4.90 Å². The summed E-state index contributed by atoms with van der Waals surface area (Å²) >= 11 is 7.28. The molecule has 0 spiro atoms. The predicted octanol–water partition coefficient (Wildman–Crippen LogP) is 4.63. The lowest BCUT2D eigenvalue weighted by molar-refractivity contribution is -0.133. The Kier molecular flexibility index (Phi) is 6.54. The van der Waals surface area contributed by atoms with Crippen molar-refractivity contribution in [3.05, 3.63) is 85.6 Å². The molecule has 34 heavy (non-hydrogen) atoms. The maximum absolute atomic E-state index is 13.1. The van der Waals surface area contributed by atoms with Crippen LogP contribution in [-0.4, -0.2) is 42.2 Å². The van der Waals surface area contributed by atoms with Crippen LogP contribution in [-0.2, 0) is 16.1 Å². The van der Waals surface area contributed by atoms with Crippen molar-refractivity contribution in [1.29, 1.82) is 0 Å². The molecule has 0 radical (unpaired) electrons. The van der Waals surface area contributed by atoms with Crippen molar-refractivity contribution in [2.24, 2.45) is 0 Å². The van der Waals surface area contributed by atoms with Crippen molar-refractivity contribution in [3.8, 4) is 0 Å². The number of carbonyl (C=O) groups is 4. The normalized spacial score (nSPS) is 12.6. The second-order valence-corrected chi connectivity index (χ2v) is 9.83. The monoisotopic (exact) mass is 496 g/mol. The third-order valence-corrected chi connectivity index (χ3v) is 6.72. The Hall–Kier alpha value is -3.49. The summed E-state index contributed by atoms with van der Waals surface area (Å²) in [6.07, 6.45) is 0. The standard InChI is InChI=1S/C25H21ClN2O5S/c1-14-4-5-15(2)20(10-14)28-23(30)18-8-6-16(11-19(18)24(28)31)25(32)33-13-22(29)27(3)12-17-7-9-21(26)34-17/h4-11H,12-13H2,1-3H3. The van der Waals surface area contributed by atoms with Crippen molar-refractivity contribution >= 4 is 52.3 Å². The number of benzene rings is 2. The van der Waals surface area contributed by atoms with E-state index in [9.17, 15) is 19.2 Å². The fraction of sp³-hybridized carbons (Fsp3) is 0.200. The number of nitrogens with zero attached hydrogens (tertiary/aromatic N) is 2. The van der Waals surface area contributed by atoms with Gasteiger partial charge in [-0.3, -0.25) is 14.4 Å². The van der Waals surface area contributed by atoms with Crippen molar-refractivity contribution in [1.82, 2.24) is 4.90 Å². The van der Waals surface area contributed by atoms with Crippen molar-refractivity contribution in [3.63, 3.8) is 0 Å². The second-order valence-electron chi connectivity index (χ2n) is 8.03. The maximum Gasteiger partial charge on any atom is 0.338 e. The molecule has 0 aliphatic carbocycles. The fourth-order valence-corrected chi connectivity index (χ4v) is 4.77. The zero-order chi connectivity index (χ0) is 24.6. The molecule has 1 aliphatic rings. The van der Waals surface area contributed by atoms with E-state index >= 15 is 0 Å². The van der Waals surface area contributed by atoms with Crippen LogP contribution in [0.5, 0.6) is 0 Å². The third-order valence-electron chi connectivity index (χ3n) is 5.50. The number of amides is 3. The largest absolute Gasteiger partial charge is 0.452 e. The molecule has 1 aromatic heterocycles. The molecule has 0 N–H and O–H groups in total. The van der Waals surface area contributed by atoms with E-state index in [0.717, 1.165) is 20.9 Å². The van der Waals surface area contributed by atoms with Crippen LogP contribution in [0.1, 0.15) is 47.1 Å². The minimum Gasteiger partial charge on any atom is -0.452 e. The summed E-state index contributed by atoms with van der Waals surface area (Å²) in [5, 5.41) is 0. The Morgan fingerprint density at radius 2 is 1.74 bits per heavy atom. The quantitative estimate of drug-likeness (QED) is 0.367. The molecule has 3 aromatic rings. The number of fused-ring (bicyclic) bond motifs is 1. The molecule has 0 bridgehead atoms. The molecule has 2 heterocycles. The number of thiophene rings is 1. The number of halogens is 1. The molecule has 0 atom stereocenters. The van der Waals surface area contributed by atoms with Gasteiger partial charge in [0.2, 0.25) is 0 Å². The van der Waals surface area contributed by atoms with Crippen LogP contribution in [0.25, 0.3) is 0 Å². The summed E-state index contributed by atoms with van der Waals surface area (Å²) in [7, 11) is 1.60. The lowest BCUT2D eigenvalue weighted by Crippen LogP contribution is -2.30. The predicted molar refractivity (Wildman–Crippen MR) is 130 cm³/mol. The molecule has 7 nitrogen and oxygen atoms in total. The summed E-state index contributed by atoms with van der Waals surface area (Å²) in [6, 6.07) is 13.3. The van der Waals surface area contributed by atoms with Gasteiger partial charge in [-0.25, -0.2) is 9.69 Å². The second kappa shape index (κ2) is 9.40. The van der Waals surface area contributed by atoms with Crippen LogP contribution in [0.4, 0.5) is 5.69 Å². The number of imide groups is 1. The molecule has 9 heteroatoms. The van der Waals surface area contributed by atoms with Gasteiger partial charge in [-0.15, -0.1) is 11.3 Å².